The molecule has 0 bridgehead atoms. The summed E-state index contributed by atoms with van der Waals surface area (Å²) in [6, 6.07) is 0.0299. The van der Waals surface area contributed by atoms with Crippen molar-refractivity contribution in [2.24, 2.45) is 0 Å². The summed E-state index contributed by atoms with van der Waals surface area (Å²) in [4.78, 5) is 2.36. The molecule has 1 unspecified atom stereocenters. The molecular weight excluding hydrogens is 340 g/mol. The van der Waals surface area contributed by atoms with Gasteiger partial charge in [-0.3, -0.25) is 10.00 Å². The molecule has 0 aliphatic carbocycles. The van der Waals surface area contributed by atoms with Crippen LogP contribution in [0.3, 0.4) is 0 Å². The van der Waals surface area contributed by atoms with Crippen LogP contribution in [-0.2, 0) is 19.9 Å². The summed E-state index contributed by atoms with van der Waals surface area (Å²) < 4.78 is 50.2. The molecule has 3 rings (SSSR count). The summed E-state index contributed by atoms with van der Waals surface area (Å²) in [5, 5.41) is 6.67. The molecule has 0 amide bonds. The maximum Gasteiger partial charge on any atom is 0.246 e. The van der Waals surface area contributed by atoms with Crippen molar-refractivity contribution in [2.75, 3.05) is 37.7 Å². The van der Waals surface area contributed by atoms with E-state index in [1.165, 1.54) is 4.31 Å². The standard InChI is InChI=1S/C13H22N4O4S2/c1-10-13(11(2)15-14-10)23(20,21)17-6-4-16(5-7-17)12-3-8-22(18,19)9-12/h12H,3-9H2,1-2H3,(H,14,15). The van der Waals surface area contributed by atoms with Crippen molar-refractivity contribution in [1.82, 2.24) is 19.4 Å². The lowest BCUT2D eigenvalue weighted by Crippen LogP contribution is -2.52. The summed E-state index contributed by atoms with van der Waals surface area (Å²) in [5.74, 6) is 0.434. The Morgan fingerprint density at radius 2 is 1.83 bits per heavy atom. The maximum absolute atomic E-state index is 12.8. The number of aryl methyl sites for hydroxylation is 2. The number of sulfone groups is 1. The van der Waals surface area contributed by atoms with E-state index in [1.54, 1.807) is 13.8 Å². The zero-order valence-corrected chi connectivity index (χ0v) is 15.0. The Labute approximate surface area is 136 Å². The van der Waals surface area contributed by atoms with Gasteiger partial charge in [-0.15, -0.1) is 0 Å². The molecule has 2 saturated heterocycles. The van der Waals surface area contributed by atoms with Crippen molar-refractivity contribution in [3.8, 4) is 0 Å². The second-order valence-corrected chi connectivity index (χ2v) is 10.4. The van der Waals surface area contributed by atoms with E-state index in [0.717, 1.165) is 0 Å². The van der Waals surface area contributed by atoms with Gasteiger partial charge in [0.15, 0.2) is 9.84 Å². The van der Waals surface area contributed by atoms with E-state index in [-0.39, 0.29) is 22.4 Å². The number of H-pyrrole nitrogens is 1. The predicted octanol–water partition coefficient (Wildman–Crippen LogP) is -0.480. The molecule has 2 fully saturated rings. The first-order valence-electron chi connectivity index (χ1n) is 7.67. The third-order valence-electron chi connectivity index (χ3n) is 4.66. The van der Waals surface area contributed by atoms with Crippen LogP contribution in [0.5, 0.6) is 0 Å². The molecular formula is C13H22N4O4S2. The van der Waals surface area contributed by atoms with Crippen LogP contribution in [0.25, 0.3) is 0 Å². The van der Waals surface area contributed by atoms with Gasteiger partial charge >= 0.3 is 0 Å². The quantitative estimate of drug-likeness (QED) is 0.779. The summed E-state index contributed by atoms with van der Waals surface area (Å²) in [5.41, 5.74) is 1.03. The number of piperazine rings is 1. The first kappa shape index (κ1) is 16.9. The van der Waals surface area contributed by atoms with E-state index < -0.39 is 19.9 Å². The van der Waals surface area contributed by atoms with Crippen molar-refractivity contribution in [2.45, 2.75) is 31.2 Å². The van der Waals surface area contributed by atoms with Gasteiger partial charge in [0.2, 0.25) is 10.0 Å². The Morgan fingerprint density at radius 1 is 1.17 bits per heavy atom. The molecule has 130 valence electrons. The number of rotatable bonds is 3. The minimum Gasteiger partial charge on any atom is -0.297 e. The van der Waals surface area contributed by atoms with Gasteiger partial charge in [-0.2, -0.15) is 9.40 Å². The largest absolute Gasteiger partial charge is 0.297 e. The summed E-state index contributed by atoms with van der Waals surface area (Å²) >= 11 is 0. The van der Waals surface area contributed by atoms with Gasteiger partial charge in [0.1, 0.15) is 4.90 Å². The van der Waals surface area contributed by atoms with Crippen LogP contribution < -0.4 is 0 Å². The number of nitrogens with zero attached hydrogens (tertiary/aromatic N) is 3. The van der Waals surface area contributed by atoms with Gasteiger partial charge in [0.05, 0.1) is 22.9 Å². The fourth-order valence-corrected chi connectivity index (χ4v) is 6.94. The first-order valence-corrected chi connectivity index (χ1v) is 10.9. The van der Waals surface area contributed by atoms with Crippen LogP contribution in [0.15, 0.2) is 4.90 Å². The van der Waals surface area contributed by atoms with Crippen LogP contribution in [0.4, 0.5) is 0 Å². The second-order valence-electron chi connectivity index (χ2n) is 6.26. The lowest BCUT2D eigenvalue weighted by atomic mass is 10.2. The maximum atomic E-state index is 12.8. The molecule has 8 nitrogen and oxygen atoms in total. The zero-order chi connectivity index (χ0) is 16.8. The number of aromatic amines is 1. The predicted molar refractivity (Wildman–Crippen MR) is 85.5 cm³/mol. The van der Waals surface area contributed by atoms with Crippen LogP contribution >= 0.6 is 0 Å². The molecule has 1 N–H and O–H groups in total. The number of sulfonamides is 1. The molecule has 0 saturated carbocycles. The number of hydrogen-bond donors (Lipinski definition) is 1. The Kier molecular flexibility index (Phi) is 4.28. The van der Waals surface area contributed by atoms with E-state index in [4.69, 9.17) is 0 Å². The van der Waals surface area contributed by atoms with Gasteiger partial charge < -0.3 is 0 Å². The highest BCUT2D eigenvalue weighted by Crippen LogP contribution is 2.24. The number of aromatic nitrogens is 2. The smallest absolute Gasteiger partial charge is 0.246 e. The van der Waals surface area contributed by atoms with Gasteiger partial charge in [-0.25, -0.2) is 16.8 Å². The van der Waals surface area contributed by atoms with Crippen molar-refractivity contribution in [3.05, 3.63) is 11.4 Å². The van der Waals surface area contributed by atoms with Gasteiger partial charge in [-0.1, -0.05) is 0 Å². The molecule has 0 radical (unpaired) electrons. The Morgan fingerprint density at radius 3 is 2.30 bits per heavy atom. The summed E-state index contributed by atoms with van der Waals surface area (Å²) in [7, 11) is -6.47. The molecule has 0 aromatic carbocycles. The van der Waals surface area contributed by atoms with Crippen LogP contribution in [0.2, 0.25) is 0 Å². The van der Waals surface area contributed by atoms with E-state index in [0.29, 0.717) is 44.0 Å². The fourth-order valence-electron chi connectivity index (χ4n) is 3.42. The van der Waals surface area contributed by atoms with Crippen molar-refractivity contribution >= 4 is 19.9 Å². The highest BCUT2D eigenvalue weighted by Gasteiger charge is 2.37. The molecule has 2 aliphatic heterocycles. The van der Waals surface area contributed by atoms with Crippen molar-refractivity contribution in [3.63, 3.8) is 0 Å². The molecule has 0 spiro atoms. The average molecular weight is 362 g/mol. The zero-order valence-electron chi connectivity index (χ0n) is 13.3. The minimum atomic E-state index is -3.56. The van der Waals surface area contributed by atoms with Crippen molar-refractivity contribution in [1.29, 1.82) is 0 Å². The summed E-state index contributed by atoms with van der Waals surface area (Å²) in [6.07, 6.45) is 0.648. The molecule has 3 heterocycles. The van der Waals surface area contributed by atoms with Gasteiger partial charge in [0, 0.05) is 32.2 Å². The van der Waals surface area contributed by atoms with E-state index in [9.17, 15) is 16.8 Å². The third kappa shape index (κ3) is 3.17. The molecule has 10 heteroatoms. The lowest BCUT2D eigenvalue weighted by Gasteiger charge is -2.36. The highest BCUT2D eigenvalue weighted by molar-refractivity contribution is 7.91. The summed E-state index contributed by atoms with van der Waals surface area (Å²) in [6.45, 7) is 5.26. The van der Waals surface area contributed by atoms with E-state index in [2.05, 4.69) is 15.1 Å². The Balaban J connectivity index is 1.70. The average Bonchev–Trinajstić information content (AvgIpc) is 3.01. The Hall–Kier alpha value is -0.970. The molecule has 1 aromatic rings. The Bertz CT molecular complexity index is 772. The number of nitrogens with one attached hydrogen (secondary N) is 1. The highest BCUT2D eigenvalue weighted by atomic mass is 32.2. The molecule has 1 aromatic heterocycles. The SMILES string of the molecule is Cc1n[nH]c(C)c1S(=O)(=O)N1CCN(C2CCS(=O)(=O)C2)CC1. The monoisotopic (exact) mass is 362 g/mol. The van der Waals surface area contributed by atoms with Gasteiger partial charge in [-0.05, 0) is 20.3 Å². The molecule has 1 atom stereocenters. The normalized spacial score (nSPS) is 26.6. The lowest BCUT2D eigenvalue weighted by molar-refractivity contribution is 0.148. The van der Waals surface area contributed by atoms with E-state index in [1.807, 2.05) is 0 Å². The topological polar surface area (TPSA) is 103 Å². The van der Waals surface area contributed by atoms with Crippen LogP contribution in [0, 0.1) is 13.8 Å². The van der Waals surface area contributed by atoms with E-state index >= 15 is 0 Å². The molecule has 23 heavy (non-hydrogen) atoms. The third-order valence-corrected chi connectivity index (χ3v) is 8.57. The number of hydrogen-bond acceptors (Lipinski definition) is 6. The van der Waals surface area contributed by atoms with Crippen LogP contribution in [-0.4, -0.2) is 80.0 Å². The first-order chi connectivity index (χ1) is 10.7. The second kappa shape index (κ2) is 5.83. The minimum absolute atomic E-state index is 0.0299. The molecule has 2 aliphatic rings. The van der Waals surface area contributed by atoms with Crippen molar-refractivity contribution < 1.29 is 16.8 Å². The fraction of sp³-hybridized carbons (Fsp3) is 0.769. The van der Waals surface area contributed by atoms with Crippen LogP contribution in [0.1, 0.15) is 17.8 Å². The van der Waals surface area contributed by atoms with Gasteiger partial charge in [0.25, 0.3) is 0 Å².